The smallest absolute Gasteiger partial charge is 0.317 e. The van der Waals surface area contributed by atoms with Gasteiger partial charge in [0.1, 0.15) is 0 Å². The van der Waals surface area contributed by atoms with Gasteiger partial charge in [0.15, 0.2) is 0 Å². The first-order valence-corrected chi connectivity index (χ1v) is 7.27. The number of ether oxygens (including phenoxy) is 1. The van der Waals surface area contributed by atoms with Crippen LogP contribution in [-0.4, -0.2) is 17.0 Å². The lowest BCUT2D eigenvalue weighted by Crippen LogP contribution is -2.12. The molecule has 0 aliphatic heterocycles. The molecule has 0 saturated carbocycles. The Bertz CT molecular complexity index is 310. The predicted molar refractivity (Wildman–Crippen MR) is 79.2 cm³/mol. The van der Waals surface area contributed by atoms with Gasteiger partial charge in [0.2, 0.25) is 0 Å². The maximum absolute atomic E-state index is 11.5. The molecule has 0 aliphatic rings. The van der Waals surface area contributed by atoms with Gasteiger partial charge in [0.05, 0.1) is 12.2 Å². The van der Waals surface area contributed by atoms with Crippen molar-refractivity contribution in [2.45, 2.75) is 57.8 Å². The van der Waals surface area contributed by atoms with E-state index in [0.717, 1.165) is 57.6 Å². The van der Waals surface area contributed by atoms with Gasteiger partial charge in [-0.25, -0.2) is 0 Å². The summed E-state index contributed by atoms with van der Waals surface area (Å²) in [4.78, 5) is 21.8. The Labute approximate surface area is 121 Å². The Morgan fingerprint density at radius 1 is 1.00 bits per heavy atom. The van der Waals surface area contributed by atoms with Crippen LogP contribution in [0.4, 0.5) is 0 Å². The monoisotopic (exact) mass is 282 g/mol. The number of hydrogen-bond donors (Lipinski definition) is 1. The fourth-order valence-electron chi connectivity index (χ4n) is 2.03. The molecule has 0 aromatic heterocycles. The summed E-state index contributed by atoms with van der Waals surface area (Å²) in [5.41, 5.74) is 0. The molecule has 0 fully saturated rings. The summed E-state index contributed by atoms with van der Waals surface area (Å²) in [6.45, 7) is 7.00. The third-order valence-corrected chi connectivity index (χ3v) is 3.19. The molecule has 4 nitrogen and oxygen atoms in total. The summed E-state index contributed by atoms with van der Waals surface area (Å²) < 4.78 is 4.74. The van der Waals surface area contributed by atoms with Crippen molar-refractivity contribution in [3.05, 3.63) is 25.5 Å². The summed E-state index contributed by atoms with van der Waals surface area (Å²) in [5, 5.41) is 8.49. The Morgan fingerprint density at radius 2 is 1.55 bits per heavy atom. The number of carbonyl (C=O) groups is 2. The van der Waals surface area contributed by atoms with E-state index in [4.69, 9.17) is 9.84 Å². The van der Waals surface area contributed by atoms with E-state index in [0.29, 0.717) is 0 Å². The third-order valence-electron chi connectivity index (χ3n) is 3.19. The van der Waals surface area contributed by atoms with Crippen LogP contribution in [0, 0.1) is 5.92 Å². The second-order valence-electron chi connectivity index (χ2n) is 4.85. The zero-order valence-corrected chi connectivity index (χ0v) is 12.2. The first-order chi connectivity index (χ1) is 9.61. The lowest BCUT2D eigenvalue weighted by atomic mass is 10.00. The number of hydrogen-bond acceptors (Lipinski definition) is 3. The van der Waals surface area contributed by atoms with Crippen molar-refractivity contribution in [3.63, 3.8) is 0 Å². The lowest BCUT2D eigenvalue weighted by Gasteiger charge is -2.09. The molecule has 20 heavy (non-hydrogen) atoms. The Kier molecular flexibility index (Phi) is 11.5. The van der Waals surface area contributed by atoms with E-state index in [1.165, 1.54) is 0 Å². The molecule has 0 aromatic rings. The van der Waals surface area contributed by atoms with E-state index in [9.17, 15) is 9.59 Å². The molecule has 0 radical (unpaired) electrons. The zero-order chi connectivity index (χ0) is 15.2. The topological polar surface area (TPSA) is 63.6 Å². The van der Waals surface area contributed by atoms with Crippen LogP contribution in [0.3, 0.4) is 0 Å². The normalized spacial score (nSPS) is 11.6. The Morgan fingerprint density at radius 3 is 2.05 bits per heavy atom. The molecule has 114 valence electrons. The van der Waals surface area contributed by atoms with Gasteiger partial charge in [-0.2, -0.15) is 0 Å². The van der Waals surface area contributed by atoms with E-state index in [-0.39, 0.29) is 18.3 Å². The molecule has 0 bridgehead atoms. The van der Waals surface area contributed by atoms with E-state index < -0.39 is 5.97 Å². The maximum Gasteiger partial charge on any atom is 0.317 e. The van der Waals surface area contributed by atoms with Crippen LogP contribution in [0.2, 0.25) is 0 Å². The highest BCUT2D eigenvalue weighted by atomic mass is 16.5. The van der Waals surface area contributed by atoms with Crippen molar-refractivity contribution >= 4 is 11.9 Å². The van der Waals surface area contributed by atoms with Crippen LogP contribution < -0.4 is 0 Å². The van der Waals surface area contributed by atoms with Gasteiger partial charge >= 0.3 is 11.9 Å². The highest BCUT2D eigenvalue weighted by molar-refractivity contribution is 5.74. The maximum atomic E-state index is 11.5. The second kappa shape index (κ2) is 12.5. The minimum Gasteiger partial charge on any atom is -0.481 e. The standard InChI is InChI=1S/C16H26O4/c1-3-14(16(19)20-4-2)12-10-8-6-5-7-9-11-13-15(17)18/h3-4,14H,1-2,5-13H2,(H,17,18). The van der Waals surface area contributed by atoms with Gasteiger partial charge in [0.25, 0.3) is 0 Å². The van der Waals surface area contributed by atoms with Crippen LogP contribution in [0.5, 0.6) is 0 Å². The van der Waals surface area contributed by atoms with Crippen molar-refractivity contribution in [2.75, 3.05) is 0 Å². The van der Waals surface area contributed by atoms with Gasteiger partial charge in [-0.1, -0.05) is 51.2 Å². The Hall–Kier alpha value is -1.58. The second-order valence-corrected chi connectivity index (χ2v) is 4.85. The molecule has 0 amide bonds. The lowest BCUT2D eigenvalue weighted by molar-refractivity contribution is -0.141. The minimum atomic E-state index is -0.716. The molecule has 0 heterocycles. The van der Waals surface area contributed by atoms with Crippen LogP contribution in [0.1, 0.15) is 57.8 Å². The average Bonchev–Trinajstić information content (AvgIpc) is 2.41. The summed E-state index contributed by atoms with van der Waals surface area (Å²) in [6.07, 6.45) is 10.9. The van der Waals surface area contributed by atoms with Crippen molar-refractivity contribution < 1.29 is 19.4 Å². The number of carbonyl (C=O) groups excluding carboxylic acids is 1. The summed E-state index contributed by atoms with van der Waals surface area (Å²) in [6, 6.07) is 0. The van der Waals surface area contributed by atoms with Crippen LogP contribution in [0.25, 0.3) is 0 Å². The molecular weight excluding hydrogens is 256 g/mol. The van der Waals surface area contributed by atoms with E-state index in [1.807, 2.05) is 0 Å². The van der Waals surface area contributed by atoms with Crippen molar-refractivity contribution in [2.24, 2.45) is 5.92 Å². The van der Waals surface area contributed by atoms with E-state index in [2.05, 4.69) is 13.2 Å². The first-order valence-electron chi connectivity index (χ1n) is 7.27. The largest absolute Gasteiger partial charge is 0.481 e. The predicted octanol–water partition coefficient (Wildman–Crippen LogP) is 4.07. The number of carboxylic acids is 1. The molecule has 0 rings (SSSR count). The van der Waals surface area contributed by atoms with Crippen molar-refractivity contribution in [1.29, 1.82) is 0 Å². The van der Waals surface area contributed by atoms with Gasteiger partial charge in [-0.3, -0.25) is 9.59 Å². The van der Waals surface area contributed by atoms with E-state index >= 15 is 0 Å². The first kappa shape index (κ1) is 18.4. The molecule has 1 atom stereocenters. The zero-order valence-electron chi connectivity index (χ0n) is 12.2. The summed E-state index contributed by atoms with van der Waals surface area (Å²) >= 11 is 0. The van der Waals surface area contributed by atoms with Gasteiger partial charge < -0.3 is 9.84 Å². The fourth-order valence-corrected chi connectivity index (χ4v) is 2.03. The van der Waals surface area contributed by atoms with Crippen LogP contribution in [0.15, 0.2) is 25.5 Å². The number of esters is 1. The number of unbranched alkanes of at least 4 members (excludes halogenated alkanes) is 6. The quantitative estimate of drug-likeness (QED) is 0.239. The number of aliphatic carboxylic acids is 1. The van der Waals surface area contributed by atoms with Crippen LogP contribution >= 0.6 is 0 Å². The SMILES string of the molecule is C=COC(=O)C(C=C)CCCCCCCCCC(=O)O. The molecule has 0 spiro atoms. The minimum absolute atomic E-state index is 0.247. The summed E-state index contributed by atoms with van der Waals surface area (Å²) in [7, 11) is 0. The molecule has 1 N–H and O–H groups in total. The van der Waals surface area contributed by atoms with Gasteiger partial charge in [-0.05, 0) is 12.8 Å². The van der Waals surface area contributed by atoms with Gasteiger partial charge in [-0.15, -0.1) is 6.58 Å². The molecular formula is C16H26O4. The Balaban J connectivity index is 3.46. The van der Waals surface area contributed by atoms with Gasteiger partial charge in [0, 0.05) is 6.42 Å². The van der Waals surface area contributed by atoms with Crippen molar-refractivity contribution in [1.82, 2.24) is 0 Å². The summed E-state index contributed by atoms with van der Waals surface area (Å²) in [5.74, 6) is -1.25. The van der Waals surface area contributed by atoms with E-state index in [1.54, 1.807) is 6.08 Å². The molecule has 0 aromatic carbocycles. The van der Waals surface area contributed by atoms with Crippen molar-refractivity contribution in [3.8, 4) is 0 Å². The molecule has 4 heteroatoms. The highest BCUT2D eigenvalue weighted by Crippen LogP contribution is 2.15. The highest BCUT2D eigenvalue weighted by Gasteiger charge is 2.14. The fraction of sp³-hybridized carbons (Fsp3) is 0.625. The number of rotatable bonds is 13. The number of carboxylic acid groups (broad SMARTS) is 1. The average molecular weight is 282 g/mol. The molecule has 0 saturated heterocycles. The third kappa shape index (κ3) is 10.4. The van der Waals surface area contributed by atoms with Crippen LogP contribution in [-0.2, 0) is 14.3 Å². The molecule has 0 aliphatic carbocycles. The molecule has 1 unspecified atom stereocenters.